The first-order valence-electron chi connectivity index (χ1n) is 12.8. The largest absolute Gasteiger partial charge is 0.497 e. The zero-order chi connectivity index (χ0) is 28.7. The molecule has 6 nitrogen and oxygen atoms in total. The summed E-state index contributed by atoms with van der Waals surface area (Å²) in [7, 11) is 0.500. The first-order valence-corrected chi connectivity index (χ1v) is 15.1. The molecular weight excluding hydrogens is 599 g/mol. The summed E-state index contributed by atoms with van der Waals surface area (Å²) in [6, 6.07) is 34.4. The molecule has 2 aliphatic rings. The van der Waals surface area contributed by atoms with E-state index in [4.69, 9.17) is 44.5 Å². The van der Waals surface area contributed by atoms with E-state index in [-0.39, 0.29) is 5.91 Å². The molecule has 10 heteroatoms. The molecule has 0 spiro atoms. The van der Waals surface area contributed by atoms with Crippen molar-refractivity contribution in [3.05, 3.63) is 126 Å². The standard InChI is InChI=1S/C31H25Cl3N4O2S/c1-21-13-15-25(16-14-21)37-27(22-9-5-3-6-10-22)35-30-36(24-17-19-26(40-2)20-18-24)29(31(32,33)34)38(41(30)37)28(39)23-11-7-4-8-12-23/h3-20,29H,1-2H3/t29-,41?/m0/s1. The van der Waals surface area contributed by atoms with Crippen LogP contribution in [0.2, 0.25) is 0 Å². The second-order valence-electron chi connectivity index (χ2n) is 9.46. The normalized spacial score (nSPS) is 18.4. The minimum Gasteiger partial charge on any atom is -0.497 e. The maximum Gasteiger partial charge on any atom is 0.266 e. The summed E-state index contributed by atoms with van der Waals surface area (Å²) in [5.41, 5.74) is 4.06. The molecule has 2 heterocycles. The van der Waals surface area contributed by atoms with Crippen molar-refractivity contribution in [2.45, 2.75) is 16.9 Å². The predicted molar refractivity (Wildman–Crippen MR) is 171 cm³/mol. The minimum absolute atomic E-state index is 0.277. The van der Waals surface area contributed by atoms with E-state index < -0.39 is 20.8 Å². The number of carbonyl (C=O) groups is 1. The average molecular weight is 624 g/mol. The third-order valence-corrected chi connectivity index (χ3v) is 9.42. The van der Waals surface area contributed by atoms with Crippen molar-refractivity contribution in [3.63, 3.8) is 0 Å². The van der Waals surface area contributed by atoms with Gasteiger partial charge in [-0.15, -0.1) is 0 Å². The van der Waals surface area contributed by atoms with Crippen molar-refractivity contribution < 1.29 is 9.53 Å². The molecule has 0 radical (unpaired) electrons. The van der Waals surface area contributed by atoms with Crippen LogP contribution in [-0.4, -0.2) is 38.2 Å². The number of methoxy groups -OCH3 is 1. The monoisotopic (exact) mass is 622 g/mol. The SMILES string of the molecule is COc1ccc(N2C3=S(N(c4ccc(C)cc4)C(c4ccccc4)=N3)N(C(=O)c3ccccc3)[C@H]2C(Cl)(Cl)Cl)cc1. The number of nitrogens with zero attached hydrogens (tertiary/aromatic N) is 4. The zero-order valence-electron chi connectivity index (χ0n) is 22.1. The Bertz CT molecular complexity index is 1640. The molecule has 2 atom stereocenters. The molecule has 0 bridgehead atoms. The van der Waals surface area contributed by atoms with Crippen molar-refractivity contribution in [2.75, 3.05) is 16.3 Å². The molecule has 1 amide bonds. The Labute approximate surface area is 256 Å². The number of alkyl halides is 3. The lowest BCUT2D eigenvalue weighted by Gasteiger charge is -2.39. The van der Waals surface area contributed by atoms with Crippen LogP contribution < -0.4 is 13.9 Å². The van der Waals surface area contributed by atoms with Crippen LogP contribution in [-0.2, 0) is 0 Å². The van der Waals surface area contributed by atoms with Gasteiger partial charge in [-0.2, -0.15) is 0 Å². The highest BCUT2D eigenvalue weighted by molar-refractivity contribution is 8.17. The van der Waals surface area contributed by atoms with Gasteiger partial charge in [0.2, 0.25) is 8.90 Å². The molecule has 2 aliphatic heterocycles. The Morgan fingerprint density at radius 3 is 2.00 bits per heavy atom. The number of halogens is 3. The highest BCUT2D eigenvalue weighted by Crippen LogP contribution is 2.53. The summed E-state index contributed by atoms with van der Waals surface area (Å²) in [4.78, 5) is 21.5. The smallest absolute Gasteiger partial charge is 0.266 e. The molecule has 0 N–H and O–H groups in total. The molecule has 0 saturated heterocycles. The van der Waals surface area contributed by atoms with Crippen molar-refractivity contribution in [1.82, 2.24) is 4.31 Å². The first-order chi connectivity index (χ1) is 19.8. The summed E-state index contributed by atoms with van der Waals surface area (Å²) >= 11 is 20.2. The molecule has 208 valence electrons. The van der Waals surface area contributed by atoms with Crippen molar-refractivity contribution in [1.29, 1.82) is 0 Å². The lowest BCUT2D eigenvalue weighted by atomic mass is 10.2. The minimum atomic E-state index is -1.89. The number of amidine groups is 1. The van der Waals surface area contributed by atoms with Crippen LogP contribution >= 0.6 is 45.7 Å². The van der Waals surface area contributed by atoms with Gasteiger partial charge in [-0.3, -0.25) is 14.0 Å². The van der Waals surface area contributed by atoms with Gasteiger partial charge in [-0.1, -0.05) is 101 Å². The number of aryl methyl sites for hydroxylation is 1. The Morgan fingerprint density at radius 2 is 1.41 bits per heavy atom. The van der Waals surface area contributed by atoms with Crippen molar-refractivity contribution in [2.24, 2.45) is 4.99 Å². The summed E-state index contributed by atoms with van der Waals surface area (Å²) in [6.07, 6.45) is -0.999. The van der Waals surface area contributed by atoms with E-state index in [0.29, 0.717) is 27.9 Å². The molecule has 0 saturated carbocycles. The van der Waals surface area contributed by atoms with Gasteiger partial charge in [0.15, 0.2) is 12.0 Å². The Kier molecular flexibility index (Phi) is 7.47. The van der Waals surface area contributed by atoms with Gasteiger partial charge in [0, 0.05) is 16.8 Å². The van der Waals surface area contributed by atoms with E-state index in [1.54, 1.807) is 23.5 Å². The van der Waals surface area contributed by atoms with Crippen LogP contribution in [0.5, 0.6) is 5.75 Å². The number of hydrogen-bond acceptors (Lipinski definition) is 5. The van der Waals surface area contributed by atoms with Crippen molar-refractivity contribution in [3.8, 4) is 5.75 Å². The summed E-state index contributed by atoms with van der Waals surface area (Å²) in [6.45, 7) is 2.03. The van der Waals surface area contributed by atoms with E-state index in [1.807, 2.05) is 109 Å². The maximum atomic E-state index is 14.4. The second-order valence-corrected chi connectivity index (χ2v) is 13.5. The second kappa shape index (κ2) is 11.1. The lowest BCUT2D eigenvalue weighted by Crippen LogP contribution is -2.53. The molecule has 6 rings (SSSR count). The van der Waals surface area contributed by atoms with E-state index >= 15 is 0 Å². The van der Waals surface area contributed by atoms with Gasteiger partial charge in [0.25, 0.3) is 5.91 Å². The van der Waals surface area contributed by atoms with E-state index in [1.165, 1.54) is 0 Å². The summed E-state index contributed by atoms with van der Waals surface area (Å²) in [5, 5.41) is 0.593. The number of anilines is 2. The Morgan fingerprint density at radius 1 is 0.829 bits per heavy atom. The third-order valence-electron chi connectivity index (χ3n) is 6.75. The van der Waals surface area contributed by atoms with Gasteiger partial charge >= 0.3 is 0 Å². The van der Waals surface area contributed by atoms with Crippen LogP contribution in [0.1, 0.15) is 21.5 Å². The summed E-state index contributed by atoms with van der Waals surface area (Å²) in [5.74, 6) is 1.10. The highest BCUT2D eigenvalue weighted by atomic mass is 35.6. The molecule has 0 fully saturated rings. The van der Waals surface area contributed by atoms with E-state index in [9.17, 15) is 4.79 Å². The van der Waals surface area contributed by atoms with Crippen LogP contribution in [0.15, 0.2) is 114 Å². The van der Waals surface area contributed by atoms with E-state index in [2.05, 4.69) is 4.31 Å². The molecule has 1 unspecified atom stereocenters. The summed E-state index contributed by atoms with van der Waals surface area (Å²) < 4.78 is 7.22. The predicted octanol–water partition coefficient (Wildman–Crippen LogP) is 7.82. The van der Waals surface area contributed by atoms with E-state index in [0.717, 1.165) is 16.8 Å². The van der Waals surface area contributed by atoms with Crippen molar-refractivity contribution >= 4 is 73.9 Å². The van der Waals surface area contributed by atoms with Crippen LogP contribution in [0.25, 0.3) is 0 Å². The highest BCUT2D eigenvalue weighted by Gasteiger charge is 2.56. The fraction of sp³-hybridized carbons (Fsp3) is 0.129. The van der Waals surface area contributed by atoms with Crippen LogP contribution in [0.3, 0.4) is 0 Å². The first kappa shape index (κ1) is 27.7. The number of hydrogen-bond donors (Lipinski definition) is 0. The molecular formula is C31H25Cl3N4O2S. The Hall–Kier alpha value is -3.49. The number of rotatable bonds is 5. The molecule has 4 aromatic carbocycles. The number of amides is 1. The fourth-order valence-electron chi connectivity index (χ4n) is 4.80. The van der Waals surface area contributed by atoms with Gasteiger partial charge < -0.3 is 4.74 Å². The van der Waals surface area contributed by atoms with Crippen LogP contribution in [0.4, 0.5) is 11.4 Å². The number of aliphatic imine (C=N–C) groups is 1. The topological polar surface area (TPSA) is 48.4 Å². The molecule has 4 aromatic rings. The number of benzene rings is 4. The van der Waals surface area contributed by atoms with Gasteiger partial charge in [-0.25, -0.2) is 9.30 Å². The zero-order valence-corrected chi connectivity index (χ0v) is 25.2. The Balaban J connectivity index is 1.62. The van der Waals surface area contributed by atoms with Crippen LogP contribution in [0, 0.1) is 6.92 Å². The molecule has 0 aromatic heterocycles. The quantitative estimate of drug-likeness (QED) is 0.168. The fourth-order valence-corrected chi connectivity index (χ4v) is 7.96. The van der Waals surface area contributed by atoms with Gasteiger partial charge in [0.1, 0.15) is 5.75 Å². The lowest BCUT2D eigenvalue weighted by molar-refractivity contribution is 0.0841. The third kappa shape index (κ3) is 5.08. The number of ether oxygens (including phenoxy) is 1. The molecule has 0 aliphatic carbocycles. The van der Waals surface area contributed by atoms with Gasteiger partial charge in [0.05, 0.1) is 23.7 Å². The maximum absolute atomic E-state index is 14.4. The number of carbonyl (C=O) groups excluding carboxylic acids is 1. The average Bonchev–Trinajstić information content (AvgIpc) is 3.53. The van der Waals surface area contributed by atoms with Gasteiger partial charge in [-0.05, 0) is 55.5 Å². The molecule has 41 heavy (non-hydrogen) atoms.